The third-order valence-electron chi connectivity index (χ3n) is 5.59. The largest absolute Gasteiger partial charge is 0.379 e. The minimum absolute atomic E-state index is 0.144. The highest BCUT2D eigenvalue weighted by atomic mass is 32.2. The van der Waals surface area contributed by atoms with Crippen LogP contribution in [0.3, 0.4) is 0 Å². The van der Waals surface area contributed by atoms with Gasteiger partial charge in [0.05, 0.1) is 24.7 Å². The third-order valence-corrected chi connectivity index (χ3v) is 7.48. The number of hydrogen-bond acceptors (Lipinski definition) is 6. The van der Waals surface area contributed by atoms with Crippen molar-refractivity contribution in [2.75, 3.05) is 69.2 Å². The number of carbonyl (C=O) groups excluding carboxylic acids is 1. The van der Waals surface area contributed by atoms with Gasteiger partial charge in [-0.2, -0.15) is 4.31 Å². The molecule has 2 aromatic carbocycles. The van der Waals surface area contributed by atoms with Crippen LogP contribution in [-0.4, -0.2) is 82.6 Å². The first-order valence-electron chi connectivity index (χ1n) is 10.5. The van der Waals surface area contributed by atoms with Crippen molar-refractivity contribution in [3.63, 3.8) is 0 Å². The Labute approximate surface area is 183 Å². The summed E-state index contributed by atoms with van der Waals surface area (Å²) in [6.45, 7) is 5.09. The second-order valence-electron chi connectivity index (χ2n) is 7.69. The molecular formula is C22H28N4O4S. The minimum atomic E-state index is -3.59. The zero-order valence-corrected chi connectivity index (χ0v) is 18.3. The van der Waals surface area contributed by atoms with Gasteiger partial charge in [0, 0.05) is 50.6 Å². The first kappa shape index (κ1) is 21.8. The number of nitrogens with zero attached hydrogens (tertiary/aromatic N) is 3. The highest BCUT2D eigenvalue weighted by Crippen LogP contribution is 2.21. The van der Waals surface area contributed by atoms with Gasteiger partial charge in [-0.3, -0.25) is 9.69 Å². The van der Waals surface area contributed by atoms with Crippen LogP contribution in [-0.2, 0) is 19.6 Å². The monoisotopic (exact) mass is 444 g/mol. The molecule has 2 aliphatic heterocycles. The Morgan fingerprint density at radius 2 is 1.61 bits per heavy atom. The molecule has 0 spiro atoms. The first-order valence-corrected chi connectivity index (χ1v) is 12.0. The van der Waals surface area contributed by atoms with E-state index in [1.54, 1.807) is 18.2 Å². The molecule has 0 bridgehead atoms. The molecule has 2 aromatic rings. The smallest absolute Gasteiger partial charge is 0.243 e. The Bertz CT molecular complexity index is 986. The normalized spacial score (nSPS) is 18.6. The van der Waals surface area contributed by atoms with Crippen LogP contribution in [0, 0.1) is 0 Å². The number of amides is 1. The van der Waals surface area contributed by atoms with Gasteiger partial charge in [-0.25, -0.2) is 8.42 Å². The number of piperazine rings is 1. The SMILES string of the molecule is O=C(CN1CCN(c2ccccc2)CC1)Nc1cccc(S(=O)(=O)N2CCOCC2)c1. The van der Waals surface area contributed by atoms with E-state index in [1.807, 2.05) is 18.2 Å². The van der Waals surface area contributed by atoms with Crippen LogP contribution in [0.4, 0.5) is 11.4 Å². The summed E-state index contributed by atoms with van der Waals surface area (Å²) in [4.78, 5) is 17.2. The van der Waals surface area contributed by atoms with Gasteiger partial charge in [-0.05, 0) is 30.3 Å². The molecule has 0 aliphatic carbocycles. The van der Waals surface area contributed by atoms with Gasteiger partial charge in [-0.1, -0.05) is 24.3 Å². The van der Waals surface area contributed by atoms with Gasteiger partial charge in [0.15, 0.2) is 0 Å². The summed E-state index contributed by atoms with van der Waals surface area (Å²) in [6.07, 6.45) is 0. The summed E-state index contributed by atoms with van der Waals surface area (Å²) < 4.78 is 32.3. The molecule has 4 rings (SSSR count). The quantitative estimate of drug-likeness (QED) is 0.727. The predicted molar refractivity (Wildman–Crippen MR) is 120 cm³/mol. The Hall–Kier alpha value is -2.46. The van der Waals surface area contributed by atoms with Crippen LogP contribution in [0.25, 0.3) is 0 Å². The molecule has 0 unspecified atom stereocenters. The predicted octanol–water partition coefficient (Wildman–Crippen LogP) is 1.47. The maximum atomic E-state index is 12.8. The number of benzene rings is 2. The number of morpholine rings is 1. The maximum absolute atomic E-state index is 12.8. The van der Waals surface area contributed by atoms with Crippen LogP contribution in [0.2, 0.25) is 0 Å². The zero-order chi connectivity index (χ0) is 21.7. The minimum Gasteiger partial charge on any atom is -0.379 e. The summed E-state index contributed by atoms with van der Waals surface area (Å²) in [5.41, 5.74) is 1.69. The van der Waals surface area contributed by atoms with E-state index in [9.17, 15) is 13.2 Å². The molecule has 1 amide bonds. The molecule has 8 nitrogen and oxygen atoms in total. The topological polar surface area (TPSA) is 82.2 Å². The molecule has 166 valence electrons. The van der Waals surface area contributed by atoms with E-state index in [0.29, 0.717) is 32.0 Å². The van der Waals surface area contributed by atoms with E-state index in [-0.39, 0.29) is 17.3 Å². The van der Waals surface area contributed by atoms with Gasteiger partial charge in [0.2, 0.25) is 15.9 Å². The van der Waals surface area contributed by atoms with Crippen molar-refractivity contribution in [2.45, 2.75) is 4.90 Å². The lowest BCUT2D eigenvalue weighted by atomic mass is 10.2. The fourth-order valence-corrected chi connectivity index (χ4v) is 5.33. The molecule has 2 heterocycles. The van der Waals surface area contributed by atoms with E-state index < -0.39 is 10.0 Å². The molecule has 2 fully saturated rings. The van der Waals surface area contributed by atoms with Crippen LogP contribution in [0.15, 0.2) is 59.5 Å². The Morgan fingerprint density at radius 3 is 2.32 bits per heavy atom. The van der Waals surface area contributed by atoms with Gasteiger partial charge >= 0.3 is 0 Å². The molecule has 0 aromatic heterocycles. The lowest BCUT2D eigenvalue weighted by molar-refractivity contribution is -0.117. The second kappa shape index (κ2) is 9.78. The third kappa shape index (κ3) is 5.43. The van der Waals surface area contributed by atoms with Crippen LogP contribution in [0.5, 0.6) is 0 Å². The van der Waals surface area contributed by atoms with E-state index in [2.05, 4.69) is 27.2 Å². The Balaban J connectivity index is 1.32. The number of nitrogens with one attached hydrogen (secondary N) is 1. The van der Waals surface area contributed by atoms with Crippen LogP contribution < -0.4 is 10.2 Å². The zero-order valence-electron chi connectivity index (χ0n) is 17.4. The van der Waals surface area contributed by atoms with Crippen molar-refractivity contribution in [3.8, 4) is 0 Å². The Kier molecular flexibility index (Phi) is 6.86. The average molecular weight is 445 g/mol. The van der Waals surface area contributed by atoms with Crippen molar-refractivity contribution in [2.24, 2.45) is 0 Å². The second-order valence-corrected chi connectivity index (χ2v) is 9.63. The van der Waals surface area contributed by atoms with Crippen molar-refractivity contribution in [1.29, 1.82) is 0 Å². The molecule has 0 atom stereocenters. The van der Waals surface area contributed by atoms with Crippen molar-refractivity contribution in [3.05, 3.63) is 54.6 Å². The highest BCUT2D eigenvalue weighted by molar-refractivity contribution is 7.89. The van der Waals surface area contributed by atoms with Crippen LogP contribution >= 0.6 is 0 Å². The van der Waals surface area contributed by atoms with E-state index in [0.717, 1.165) is 26.2 Å². The van der Waals surface area contributed by atoms with Gasteiger partial charge in [0.25, 0.3) is 0 Å². The number of rotatable bonds is 6. The van der Waals surface area contributed by atoms with Crippen LogP contribution in [0.1, 0.15) is 0 Å². The molecule has 1 N–H and O–H groups in total. The molecular weight excluding hydrogens is 416 g/mol. The summed E-state index contributed by atoms with van der Waals surface area (Å²) in [6, 6.07) is 16.7. The molecule has 2 aliphatic rings. The molecule has 31 heavy (non-hydrogen) atoms. The standard InChI is InChI=1S/C22H28N4O4S/c27-22(18-24-9-11-25(12-10-24)20-6-2-1-3-7-20)23-19-5-4-8-21(17-19)31(28,29)26-13-15-30-16-14-26/h1-8,17H,9-16,18H2,(H,23,27). The number of ether oxygens (including phenoxy) is 1. The number of para-hydroxylation sites is 1. The molecule has 0 radical (unpaired) electrons. The number of anilines is 2. The van der Waals surface area contributed by atoms with E-state index in [4.69, 9.17) is 4.74 Å². The number of carbonyl (C=O) groups is 1. The van der Waals surface area contributed by atoms with E-state index >= 15 is 0 Å². The van der Waals surface area contributed by atoms with Gasteiger partial charge in [0.1, 0.15) is 0 Å². The van der Waals surface area contributed by atoms with Gasteiger partial charge in [-0.15, -0.1) is 0 Å². The van der Waals surface area contributed by atoms with Crippen molar-refractivity contribution >= 4 is 27.3 Å². The molecule has 2 saturated heterocycles. The van der Waals surface area contributed by atoms with E-state index in [1.165, 1.54) is 16.1 Å². The fourth-order valence-electron chi connectivity index (χ4n) is 3.88. The molecule has 9 heteroatoms. The van der Waals surface area contributed by atoms with Crippen molar-refractivity contribution < 1.29 is 17.9 Å². The summed E-state index contributed by atoms with van der Waals surface area (Å²) in [5, 5.41) is 2.85. The lowest BCUT2D eigenvalue weighted by Crippen LogP contribution is -2.48. The number of sulfonamides is 1. The first-order chi connectivity index (χ1) is 15.0. The number of hydrogen-bond donors (Lipinski definition) is 1. The summed E-state index contributed by atoms with van der Waals surface area (Å²) in [7, 11) is -3.59. The summed E-state index contributed by atoms with van der Waals surface area (Å²) >= 11 is 0. The lowest BCUT2D eigenvalue weighted by Gasteiger charge is -2.35. The maximum Gasteiger partial charge on any atom is 0.243 e. The highest BCUT2D eigenvalue weighted by Gasteiger charge is 2.26. The average Bonchev–Trinajstić information content (AvgIpc) is 2.81. The summed E-state index contributed by atoms with van der Waals surface area (Å²) in [5.74, 6) is -0.144. The fraction of sp³-hybridized carbons (Fsp3) is 0.409. The Morgan fingerprint density at radius 1 is 0.903 bits per heavy atom. The molecule has 0 saturated carbocycles. The van der Waals surface area contributed by atoms with Crippen molar-refractivity contribution in [1.82, 2.24) is 9.21 Å². The van der Waals surface area contributed by atoms with Gasteiger partial charge < -0.3 is 15.0 Å².